The molecule has 1 aromatic heterocycles. The third kappa shape index (κ3) is 1.25. The summed E-state index contributed by atoms with van der Waals surface area (Å²) in [5, 5.41) is 9.03. The third-order valence-electron chi connectivity index (χ3n) is 1.33. The van der Waals surface area contributed by atoms with Crippen molar-refractivity contribution in [2.24, 2.45) is 0 Å². The molecule has 2 N–H and O–H groups in total. The molecular weight excluding hydrogens is 114 g/mol. The highest BCUT2D eigenvalue weighted by Crippen LogP contribution is 2.14. The van der Waals surface area contributed by atoms with Crippen LogP contribution in [0.2, 0.25) is 0 Å². The summed E-state index contributed by atoms with van der Waals surface area (Å²) >= 11 is 0. The molecule has 1 rings (SSSR count). The number of hydrogen-bond donors (Lipinski definition) is 2. The van der Waals surface area contributed by atoms with E-state index in [1.807, 2.05) is 6.07 Å². The van der Waals surface area contributed by atoms with Crippen LogP contribution in [0.15, 0.2) is 12.3 Å². The molecule has 1 heterocycles. The number of rotatable bonds is 2. The van der Waals surface area contributed by atoms with Gasteiger partial charge in [0.25, 0.3) is 0 Å². The monoisotopic (exact) mass is 125 g/mol. The Balaban J connectivity index is 2.69. The molecule has 0 spiro atoms. The molecule has 9 heavy (non-hydrogen) atoms. The zero-order valence-corrected chi connectivity index (χ0v) is 5.52. The van der Waals surface area contributed by atoms with Crippen LogP contribution in [0.3, 0.4) is 0 Å². The van der Waals surface area contributed by atoms with Crippen LogP contribution < -0.4 is 0 Å². The first-order valence-corrected chi connectivity index (χ1v) is 3.19. The maximum atomic E-state index is 9.03. The Morgan fingerprint density at radius 3 is 2.89 bits per heavy atom. The topological polar surface area (TPSA) is 36.0 Å². The van der Waals surface area contributed by atoms with Gasteiger partial charge in [0.1, 0.15) is 0 Å². The van der Waals surface area contributed by atoms with E-state index < -0.39 is 0 Å². The molecular formula is C7H11NO. The molecule has 0 aliphatic heterocycles. The highest BCUT2D eigenvalue weighted by Gasteiger charge is 1.97. The Kier molecular flexibility index (Phi) is 1.78. The fraction of sp³-hybridized carbons (Fsp3) is 0.429. The highest BCUT2D eigenvalue weighted by atomic mass is 16.3. The van der Waals surface area contributed by atoms with E-state index in [1.54, 1.807) is 6.20 Å². The van der Waals surface area contributed by atoms with Gasteiger partial charge in [0.05, 0.1) is 0 Å². The van der Waals surface area contributed by atoms with Crippen molar-refractivity contribution in [3.63, 3.8) is 0 Å². The predicted molar refractivity (Wildman–Crippen MR) is 36.5 cm³/mol. The van der Waals surface area contributed by atoms with Gasteiger partial charge in [0.2, 0.25) is 0 Å². The average Bonchev–Trinajstić information content (AvgIpc) is 2.18. The zero-order valence-electron chi connectivity index (χ0n) is 5.52. The molecule has 0 aliphatic rings. The summed E-state index contributed by atoms with van der Waals surface area (Å²) in [5.41, 5.74) is 1.01. The van der Waals surface area contributed by atoms with Gasteiger partial charge < -0.3 is 10.1 Å². The Morgan fingerprint density at radius 2 is 2.44 bits per heavy atom. The van der Waals surface area contributed by atoms with Gasteiger partial charge in [0.15, 0.2) is 5.88 Å². The summed E-state index contributed by atoms with van der Waals surface area (Å²) < 4.78 is 0. The van der Waals surface area contributed by atoms with E-state index in [1.165, 1.54) is 0 Å². The first-order chi connectivity index (χ1) is 4.34. The first kappa shape index (κ1) is 6.20. The van der Waals surface area contributed by atoms with Crippen molar-refractivity contribution < 1.29 is 5.11 Å². The quantitative estimate of drug-likeness (QED) is 0.619. The fourth-order valence-electron chi connectivity index (χ4n) is 0.864. The van der Waals surface area contributed by atoms with E-state index in [2.05, 4.69) is 11.9 Å². The zero-order chi connectivity index (χ0) is 6.69. The first-order valence-electron chi connectivity index (χ1n) is 3.19. The number of H-pyrrole nitrogens is 1. The second kappa shape index (κ2) is 2.58. The second-order valence-corrected chi connectivity index (χ2v) is 2.10. The minimum absolute atomic E-state index is 0.317. The Bertz CT molecular complexity index is 181. The molecule has 0 saturated heterocycles. The van der Waals surface area contributed by atoms with Gasteiger partial charge in [-0.15, -0.1) is 0 Å². The van der Waals surface area contributed by atoms with Gasteiger partial charge in [-0.2, -0.15) is 0 Å². The molecule has 1 aromatic rings. The normalized spacial score (nSPS) is 9.89. The van der Waals surface area contributed by atoms with E-state index >= 15 is 0 Å². The number of nitrogens with one attached hydrogen (secondary N) is 1. The lowest BCUT2D eigenvalue weighted by atomic mass is 10.2. The molecule has 0 fully saturated rings. The van der Waals surface area contributed by atoms with Crippen LogP contribution in [0.1, 0.15) is 18.9 Å². The second-order valence-electron chi connectivity index (χ2n) is 2.10. The summed E-state index contributed by atoms with van der Waals surface area (Å²) in [6.07, 6.45) is 3.78. The molecule has 0 aliphatic carbocycles. The van der Waals surface area contributed by atoms with Gasteiger partial charge in [0, 0.05) is 11.8 Å². The number of aryl methyl sites for hydroxylation is 1. The van der Waals surface area contributed by atoms with Crippen LogP contribution in [-0.2, 0) is 6.42 Å². The van der Waals surface area contributed by atoms with Crippen LogP contribution in [0.4, 0.5) is 0 Å². The SMILES string of the molecule is CCCc1cc[nH]c1O. The van der Waals surface area contributed by atoms with Crippen LogP contribution in [0, 0.1) is 0 Å². The number of hydrogen-bond acceptors (Lipinski definition) is 1. The van der Waals surface area contributed by atoms with Crippen molar-refractivity contribution in [2.45, 2.75) is 19.8 Å². The minimum atomic E-state index is 0.317. The molecule has 0 radical (unpaired) electrons. The lowest BCUT2D eigenvalue weighted by molar-refractivity contribution is 0.450. The standard InChI is InChI=1S/C7H11NO/c1-2-3-6-4-5-8-7(6)9/h4-5,8-9H,2-3H2,1H3. The average molecular weight is 125 g/mol. The number of aromatic nitrogens is 1. The van der Waals surface area contributed by atoms with Crippen LogP contribution in [-0.4, -0.2) is 10.1 Å². The predicted octanol–water partition coefficient (Wildman–Crippen LogP) is 1.67. The van der Waals surface area contributed by atoms with Crippen LogP contribution >= 0.6 is 0 Å². The van der Waals surface area contributed by atoms with E-state index in [9.17, 15) is 0 Å². The van der Waals surface area contributed by atoms with Gasteiger partial charge >= 0.3 is 0 Å². The summed E-state index contributed by atoms with van der Waals surface area (Å²) in [6, 6.07) is 1.90. The van der Waals surface area contributed by atoms with Crippen molar-refractivity contribution in [3.05, 3.63) is 17.8 Å². The maximum Gasteiger partial charge on any atom is 0.191 e. The smallest absolute Gasteiger partial charge is 0.191 e. The van der Waals surface area contributed by atoms with Crippen molar-refractivity contribution in [1.29, 1.82) is 0 Å². The molecule has 2 heteroatoms. The number of aromatic amines is 1. The third-order valence-corrected chi connectivity index (χ3v) is 1.33. The molecule has 0 unspecified atom stereocenters. The summed E-state index contributed by atoms with van der Waals surface area (Å²) in [4.78, 5) is 2.71. The lowest BCUT2D eigenvalue weighted by Gasteiger charge is -1.91. The number of aromatic hydroxyl groups is 1. The summed E-state index contributed by atoms with van der Waals surface area (Å²) in [5.74, 6) is 0.317. The van der Waals surface area contributed by atoms with Gasteiger partial charge in [-0.3, -0.25) is 0 Å². The van der Waals surface area contributed by atoms with Crippen molar-refractivity contribution in [1.82, 2.24) is 4.98 Å². The Labute approximate surface area is 54.5 Å². The molecule has 0 amide bonds. The molecule has 0 aromatic carbocycles. The Hall–Kier alpha value is -0.920. The van der Waals surface area contributed by atoms with E-state index in [-0.39, 0.29) is 0 Å². The molecule has 0 saturated carbocycles. The molecule has 0 atom stereocenters. The molecule has 2 nitrogen and oxygen atoms in total. The van der Waals surface area contributed by atoms with Gasteiger partial charge in [-0.25, -0.2) is 0 Å². The Morgan fingerprint density at radius 1 is 1.67 bits per heavy atom. The maximum absolute atomic E-state index is 9.03. The summed E-state index contributed by atoms with van der Waals surface area (Å²) in [7, 11) is 0. The van der Waals surface area contributed by atoms with E-state index in [0.29, 0.717) is 5.88 Å². The lowest BCUT2D eigenvalue weighted by Crippen LogP contribution is -1.77. The largest absolute Gasteiger partial charge is 0.494 e. The van der Waals surface area contributed by atoms with Crippen LogP contribution in [0.25, 0.3) is 0 Å². The van der Waals surface area contributed by atoms with Gasteiger partial charge in [-0.1, -0.05) is 13.3 Å². The van der Waals surface area contributed by atoms with E-state index in [0.717, 1.165) is 18.4 Å². The van der Waals surface area contributed by atoms with E-state index in [4.69, 9.17) is 5.11 Å². The minimum Gasteiger partial charge on any atom is -0.494 e. The van der Waals surface area contributed by atoms with Crippen molar-refractivity contribution in [2.75, 3.05) is 0 Å². The fourth-order valence-corrected chi connectivity index (χ4v) is 0.864. The van der Waals surface area contributed by atoms with Gasteiger partial charge in [-0.05, 0) is 12.5 Å². The highest BCUT2D eigenvalue weighted by molar-refractivity contribution is 5.24. The molecule has 0 bridgehead atoms. The van der Waals surface area contributed by atoms with Crippen LogP contribution in [0.5, 0.6) is 5.88 Å². The van der Waals surface area contributed by atoms with Crippen molar-refractivity contribution >= 4 is 0 Å². The summed E-state index contributed by atoms with van der Waals surface area (Å²) in [6.45, 7) is 2.09. The van der Waals surface area contributed by atoms with Crippen molar-refractivity contribution in [3.8, 4) is 5.88 Å². The molecule has 50 valence electrons.